The van der Waals surface area contributed by atoms with Crippen LogP contribution in [-0.2, 0) is 5.79 Å². The molecule has 0 heterocycles. The van der Waals surface area contributed by atoms with Gasteiger partial charge in [0.05, 0.1) is 5.56 Å². The Morgan fingerprint density at radius 1 is 1.00 bits per heavy atom. The van der Waals surface area contributed by atoms with E-state index in [1.807, 2.05) is 0 Å². The van der Waals surface area contributed by atoms with Crippen LogP contribution in [0.25, 0.3) is 0 Å². The molecular formula is C8H10O6. The molecule has 0 spiro atoms. The van der Waals surface area contributed by atoms with Crippen LogP contribution in [-0.4, -0.2) is 37.2 Å². The Bertz CT molecular complexity index is 323. The van der Waals surface area contributed by atoms with Crippen molar-refractivity contribution in [3.05, 3.63) is 17.7 Å². The van der Waals surface area contributed by atoms with Crippen LogP contribution in [0, 0.1) is 0 Å². The number of hydrogen-bond acceptors (Lipinski definition) is 6. The Morgan fingerprint density at radius 3 is 1.79 bits per heavy atom. The number of aliphatic hydroxyl groups excluding tert-OH is 1. The number of aromatic hydroxyl groups is 3. The van der Waals surface area contributed by atoms with Gasteiger partial charge >= 0.3 is 0 Å². The van der Waals surface area contributed by atoms with Gasteiger partial charge in [0.15, 0.2) is 0 Å². The molecule has 0 aromatic heterocycles. The highest BCUT2D eigenvalue weighted by Gasteiger charge is 2.32. The van der Waals surface area contributed by atoms with Crippen molar-refractivity contribution < 1.29 is 30.6 Å². The molecule has 6 nitrogen and oxygen atoms in total. The van der Waals surface area contributed by atoms with E-state index in [0.717, 1.165) is 12.1 Å². The maximum Gasteiger partial charge on any atom is 0.221 e. The van der Waals surface area contributed by atoms with Crippen molar-refractivity contribution in [3.63, 3.8) is 0 Å². The molecule has 1 aromatic carbocycles. The fourth-order valence-corrected chi connectivity index (χ4v) is 1.09. The first-order valence-electron chi connectivity index (χ1n) is 3.69. The number of benzene rings is 1. The Hall–Kier alpha value is -1.50. The maximum absolute atomic E-state index is 9.19. The maximum atomic E-state index is 9.19. The molecule has 0 radical (unpaired) electrons. The molecule has 0 aliphatic heterocycles. The fraction of sp³-hybridized carbons (Fsp3) is 0.250. The quantitative estimate of drug-likeness (QED) is 0.340. The molecule has 0 bridgehead atoms. The largest absolute Gasteiger partial charge is 0.508 e. The zero-order chi connectivity index (χ0) is 10.9. The van der Waals surface area contributed by atoms with Crippen molar-refractivity contribution in [1.29, 1.82) is 0 Å². The number of rotatable bonds is 2. The number of phenolic OH excluding ortho intramolecular Hbond substituents is 3. The van der Waals surface area contributed by atoms with Crippen LogP contribution in [0.15, 0.2) is 12.1 Å². The minimum atomic E-state index is -2.75. The summed E-state index contributed by atoms with van der Waals surface area (Å²) in [5.74, 6) is -4.62. The molecule has 0 saturated carbocycles. The molecule has 14 heavy (non-hydrogen) atoms. The average Bonchev–Trinajstić information content (AvgIpc) is 2.01. The minimum absolute atomic E-state index is 0.433. The highest BCUT2D eigenvalue weighted by molar-refractivity contribution is 5.50. The molecule has 0 saturated heterocycles. The first-order valence-corrected chi connectivity index (χ1v) is 3.69. The number of hydrogen-bond donors (Lipinski definition) is 6. The third-order valence-electron chi connectivity index (χ3n) is 1.70. The fourth-order valence-electron chi connectivity index (χ4n) is 1.09. The van der Waals surface area contributed by atoms with Crippen LogP contribution < -0.4 is 0 Å². The summed E-state index contributed by atoms with van der Waals surface area (Å²) in [6.07, 6.45) is 0. The van der Waals surface area contributed by atoms with Crippen molar-refractivity contribution in [1.82, 2.24) is 0 Å². The molecule has 78 valence electrons. The van der Waals surface area contributed by atoms with E-state index in [9.17, 15) is 10.2 Å². The van der Waals surface area contributed by atoms with E-state index < -0.39 is 35.2 Å². The molecule has 6 heteroatoms. The van der Waals surface area contributed by atoms with E-state index in [1.165, 1.54) is 0 Å². The van der Waals surface area contributed by atoms with Crippen molar-refractivity contribution >= 4 is 0 Å². The summed E-state index contributed by atoms with van der Waals surface area (Å²) in [6.45, 7) is -1.10. The van der Waals surface area contributed by atoms with Crippen LogP contribution in [0.4, 0.5) is 0 Å². The molecule has 0 unspecified atom stereocenters. The SMILES string of the molecule is OCC(O)(O)c1c(O)cc(O)cc1O. The summed E-state index contributed by atoms with van der Waals surface area (Å²) in [4.78, 5) is 0. The number of phenols is 3. The summed E-state index contributed by atoms with van der Waals surface area (Å²) >= 11 is 0. The van der Waals surface area contributed by atoms with E-state index in [4.69, 9.17) is 20.4 Å². The lowest BCUT2D eigenvalue weighted by Gasteiger charge is -2.21. The van der Waals surface area contributed by atoms with Gasteiger partial charge < -0.3 is 30.6 Å². The Kier molecular flexibility index (Phi) is 2.52. The van der Waals surface area contributed by atoms with Crippen molar-refractivity contribution in [3.8, 4) is 17.2 Å². The van der Waals surface area contributed by atoms with Crippen LogP contribution >= 0.6 is 0 Å². The topological polar surface area (TPSA) is 121 Å². The van der Waals surface area contributed by atoms with Gasteiger partial charge in [-0.05, 0) is 0 Å². The summed E-state index contributed by atoms with van der Waals surface area (Å²) < 4.78 is 0. The third kappa shape index (κ3) is 1.72. The minimum Gasteiger partial charge on any atom is -0.508 e. The lowest BCUT2D eigenvalue weighted by molar-refractivity contribution is -0.196. The van der Waals surface area contributed by atoms with Crippen LogP contribution in [0.5, 0.6) is 17.2 Å². The van der Waals surface area contributed by atoms with Gasteiger partial charge in [-0.15, -0.1) is 0 Å². The van der Waals surface area contributed by atoms with Gasteiger partial charge in [-0.3, -0.25) is 0 Å². The normalized spacial score (nSPS) is 11.6. The molecule has 0 aliphatic rings. The molecule has 1 aromatic rings. The van der Waals surface area contributed by atoms with E-state index >= 15 is 0 Å². The summed E-state index contributed by atoms with van der Waals surface area (Å²) in [6, 6.07) is 1.62. The molecule has 0 atom stereocenters. The second kappa shape index (κ2) is 3.33. The molecule has 0 aliphatic carbocycles. The van der Waals surface area contributed by atoms with Crippen molar-refractivity contribution in [2.24, 2.45) is 0 Å². The lowest BCUT2D eigenvalue weighted by Crippen LogP contribution is -2.29. The van der Waals surface area contributed by atoms with E-state index in [0.29, 0.717) is 0 Å². The van der Waals surface area contributed by atoms with Crippen LogP contribution in [0.2, 0.25) is 0 Å². The molecule has 1 rings (SSSR count). The van der Waals surface area contributed by atoms with Crippen LogP contribution in [0.3, 0.4) is 0 Å². The molecular weight excluding hydrogens is 192 g/mol. The van der Waals surface area contributed by atoms with Gasteiger partial charge in [0.1, 0.15) is 23.9 Å². The standard InChI is InChI=1S/C8H10O6/c9-3-8(13,14)7-5(11)1-4(10)2-6(7)12/h1-2,9-14H,3H2. The first-order chi connectivity index (χ1) is 6.38. The zero-order valence-corrected chi connectivity index (χ0v) is 7.05. The first kappa shape index (κ1) is 10.6. The molecule has 6 N–H and O–H groups in total. The van der Waals surface area contributed by atoms with E-state index in [-0.39, 0.29) is 0 Å². The van der Waals surface area contributed by atoms with E-state index in [2.05, 4.69) is 0 Å². The summed E-state index contributed by atoms with van der Waals surface area (Å²) in [5.41, 5.74) is -0.655. The van der Waals surface area contributed by atoms with Gasteiger partial charge in [0.2, 0.25) is 5.79 Å². The second-order valence-corrected chi connectivity index (χ2v) is 2.83. The second-order valence-electron chi connectivity index (χ2n) is 2.83. The molecule has 0 amide bonds. The monoisotopic (exact) mass is 202 g/mol. The highest BCUT2D eigenvalue weighted by atomic mass is 16.5. The smallest absolute Gasteiger partial charge is 0.221 e. The number of aliphatic hydroxyl groups is 3. The van der Waals surface area contributed by atoms with Gasteiger partial charge in [0.25, 0.3) is 0 Å². The van der Waals surface area contributed by atoms with Gasteiger partial charge in [-0.1, -0.05) is 0 Å². The Labute approximate surface area is 78.9 Å². The molecule has 0 fully saturated rings. The summed E-state index contributed by atoms with van der Waals surface area (Å²) in [7, 11) is 0. The van der Waals surface area contributed by atoms with Gasteiger partial charge in [-0.25, -0.2) is 0 Å². The van der Waals surface area contributed by atoms with E-state index in [1.54, 1.807) is 0 Å². The summed E-state index contributed by atoms with van der Waals surface area (Å²) in [5, 5.41) is 54.2. The van der Waals surface area contributed by atoms with Gasteiger partial charge in [0, 0.05) is 12.1 Å². The predicted octanol–water partition coefficient (Wildman–Crippen LogP) is -1.07. The van der Waals surface area contributed by atoms with Crippen LogP contribution in [0.1, 0.15) is 5.56 Å². The van der Waals surface area contributed by atoms with Gasteiger partial charge in [-0.2, -0.15) is 0 Å². The predicted molar refractivity (Wildman–Crippen MR) is 44.6 cm³/mol. The average molecular weight is 202 g/mol. The zero-order valence-electron chi connectivity index (χ0n) is 7.05. The van der Waals surface area contributed by atoms with Crippen molar-refractivity contribution in [2.45, 2.75) is 5.79 Å². The highest BCUT2D eigenvalue weighted by Crippen LogP contribution is 2.37. The Balaban J connectivity index is 3.35. The Morgan fingerprint density at radius 2 is 1.43 bits per heavy atom. The third-order valence-corrected chi connectivity index (χ3v) is 1.70. The van der Waals surface area contributed by atoms with Crippen molar-refractivity contribution in [2.75, 3.05) is 6.61 Å². The lowest BCUT2D eigenvalue weighted by atomic mass is 10.0.